The number of carbonyl (C=O) groups excluding carboxylic acids is 1. The van der Waals surface area contributed by atoms with Crippen molar-refractivity contribution in [3.05, 3.63) is 125 Å². The molecule has 0 fully saturated rings. The van der Waals surface area contributed by atoms with Gasteiger partial charge in [0.15, 0.2) is 0 Å². The van der Waals surface area contributed by atoms with Crippen molar-refractivity contribution in [2.75, 3.05) is 6.54 Å². The lowest BCUT2D eigenvalue weighted by Gasteiger charge is -2.37. The molecule has 1 aliphatic heterocycles. The summed E-state index contributed by atoms with van der Waals surface area (Å²) in [6, 6.07) is 26.5. The van der Waals surface area contributed by atoms with Crippen molar-refractivity contribution in [1.82, 2.24) is 19.7 Å². The van der Waals surface area contributed by atoms with Gasteiger partial charge in [0.1, 0.15) is 0 Å². The molecule has 1 N–H and O–H groups in total. The summed E-state index contributed by atoms with van der Waals surface area (Å²) < 4.78 is 1.87. The molecule has 1 atom stereocenters. The van der Waals surface area contributed by atoms with E-state index in [0.717, 1.165) is 28.8 Å². The lowest BCUT2D eigenvalue weighted by atomic mass is 9.89. The molecule has 0 aliphatic carbocycles. The Morgan fingerprint density at radius 3 is 2.74 bits per heavy atom. The molecule has 0 bridgehead atoms. The summed E-state index contributed by atoms with van der Waals surface area (Å²) in [6.07, 6.45) is 4.54. The molecule has 1 aliphatic rings. The molecule has 0 radical (unpaired) electrons. The molecule has 6 rings (SSSR count). The van der Waals surface area contributed by atoms with Crippen molar-refractivity contribution in [3.63, 3.8) is 0 Å². The van der Waals surface area contributed by atoms with Crippen LogP contribution in [-0.2, 0) is 13.0 Å². The van der Waals surface area contributed by atoms with Crippen LogP contribution in [0.3, 0.4) is 0 Å². The van der Waals surface area contributed by atoms with Crippen LogP contribution in [0.4, 0.5) is 0 Å². The van der Waals surface area contributed by atoms with Gasteiger partial charge in [-0.25, -0.2) is 0 Å². The lowest BCUT2D eigenvalue weighted by Crippen LogP contribution is -2.41. The second-order valence-electron chi connectivity index (χ2n) is 8.97. The Hall–Kier alpha value is -4.12. The van der Waals surface area contributed by atoms with Gasteiger partial charge < -0.3 is 9.88 Å². The summed E-state index contributed by atoms with van der Waals surface area (Å²) in [7, 11) is 0. The number of hydrogen-bond donors (Lipinski definition) is 1. The van der Waals surface area contributed by atoms with E-state index in [4.69, 9.17) is 0 Å². The predicted octanol–water partition coefficient (Wildman–Crippen LogP) is 5.51. The molecule has 0 saturated heterocycles. The summed E-state index contributed by atoms with van der Waals surface area (Å²) in [5, 5.41) is 5.55. The number of carbonyl (C=O) groups is 1. The Labute approximate surface area is 198 Å². The summed E-state index contributed by atoms with van der Waals surface area (Å²) in [4.78, 5) is 19.7. The average Bonchev–Trinajstić information content (AvgIpc) is 3.51. The van der Waals surface area contributed by atoms with Crippen LogP contribution in [0.25, 0.3) is 10.9 Å². The Kier molecular flexibility index (Phi) is 5.02. The number of nitrogens with zero attached hydrogens (tertiary/aromatic N) is 3. The van der Waals surface area contributed by atoms with Crippen LogP contribution in [0.1, 0.15) is 44.3 Å². The van der Waals surface area contributed by atoms with E-state index >= 15 is 0 Å². The SMILES string of the molecule is Cc1ccccc1[C@@H]1c2[nH]c3ccccc3c2CCN1C(=O)c1cccc(Cn2cccn2)c1. The third kappa shape index (κ3) is 3.50. The first-order valence-electron chi connectivity index (χ1n) is 11.7. The zero-order valence-electron chi connectivity index (χ0n) is 19.1. The Morgan fingerprint density at radius 2 is 1.88 bits per heavy atom. The lowest BCUT2D eigenvalue weighted by molar-refractivity contribution is 0.0691. The average molecular weight is 447 g/mol. The van der Waals surface area contributed by atoms with Crippen LogP contribution < -0.4 is 0 Å². The van der Waals surface area contributed by atoms with Crippen LogP contribution in [0.5, 0.6) is 0 Å². The minimum atomic E-state index is -0.153. The van der Waals surface area contributed by atoms with Gasteiger partial charge in [0.2, 0.25) is 0 Å². The fraction of sp³-hybridized carbons (Fsp3) is 0.172. The monoisotopic (exact) mass is 446 g/mol. The number of para-hydroxylation sites is 1. The summed E-state index contributed by atoms with van der Waals surface area (Å²) >= 11 is 0. The minimum absolute atomic E-state index is 0.0554. The smallest absolute Gasteiger partial charge is 0.254 e. The second-order valence-corrected chi connectivity index (χ2v) is 8.97. The number of amides is 1. The van der Waals surface area contributed by atoms with Gasteiger partial charge in [0, 0.05) is 41.1 Å². The first-order valence-corrected chi connectivity index (χ1v) is 11.7. The minimum Gasteiger partial charge on any atom is -0.356 e. The largest absolute Gasteiger partial charge is 0.356 e. The standard InChI is InChI=1S/C29H26N4O/c1-20-8-2-3-11-23(20)28-27-25(24-12-4-5-13-26(24)31-27)14-17-33(28)29(34)22-10-6-9-21(18-22)19-32-16-7-15-30-32/h2-13,15-16,18,28,31H,14,17,19H2,1H3/t28-/m1/s1. The van der Waals surface area contributed by atoms with E-state index in [2.05, 4.69) is 65.5 Å². The molecule has 1 amide bonds. The van der Waals surface area contributed by atoms with Gasteiger partial charge in [-0.3, -0.25) is 9.48 Å². The number of fused-ring (bicyclic) bond motifs is 3. The fourth-order valence-corrected chi connectivity index (χ4v) is 5.23. The Morgan fingerprint density at radius 1 is 1.03 bits per heavy atom. The molecule has 3 heterocycles. The van der Waals surface area contributed by atoms with Crippen LogP contribution >= 0.6 is 0 Å². The third-order valence-corrected chi connectivity index (χ3v) is 6.86. The number of benzene rings is 3. The molecule has 2 aromatic heterocycles. The van der Waals surface area contributed by atoms with Gasteiger partial charge in [-0.15, -0.1) is 0 Å². The van der Waals surface area contributed by atoms with Gasteiger partial charge in [-0.2, -0.15) is 5.10 Å². The highest BCUT2D eigenvalue weighted by molar-refractivity contribution is 5.96. The fourth-order valence-electron chi connectivity index (χ4n) is 5.23. The van der Waals surface area contributed by atoms with Crippen molar-refractivity contribution < 1.29 is 4.79 Å². The van der Waals surface area contributed by atoms with Crippen LogP contribution in [-0.4, -0.2) is 32.1 Å². The van der Waals surface area contributed by atoms with Crippen LogP contribution in [0.2, 0.25) is 0 Å². The molecule has 0 saturated carbocycles. The number of H-pyrrole nitrogens is 1. The number of aryl methyl sites for hydroxylation is 1. The van der Waals surface area contributed by atoms with Crippen molar-refractivity contribution in [1.29, 1.82) is 0 Å². The highest BCUT2D eigenvalue weighted by Gasteiger charge is 2.35. The molecular weight excluding hydrogens is 420 g/mol. The van der Waals surface area contributed by atoms with Crippen molar-refractivity contribution in [2.24, 2.45) is 0 Å². The number of hydrogen-bond acceptors (Lipinski definition) is 2. The van der Waals surface area contributed by atoms with E-state index in [1.807, 2.05) is 46.1 Å². The van der Waals surface area contributed by atoms with E-state index in [-0.39, 0.29) is 11.9 Å². The predicted molar refractivity (Wildman–Crippen MR) is 134 cm³/mol. The zero-order valence-corrected chi connectivity index (χ0v) is 19.1. The van der Waals surface area contributed by atoms with E-state index in [0.29, 0.717) is 18.7 Å². The Bertz CT molecular complexity index is 1480. The van der Waals surface area contributed by atoms with E-state index in [9.17, 15) is 4.79 Å². The molecule has 34 heavy (non-hydrogen) atoms. The number of aromatic amines is 1. The van der Waals surface area contributed by atoms with Gasteiger partial charge >= 0.3 is 0 Å². The maximum Gasteiger partial charge on any atom is 0.254 e. The van der Waals surface area contributed by atoms with Crippen molar-refractivity contribution in [2.45, 2.75) is 25.9 Å². The van der Waals surface area contributed by atoms with Gasteiger partial charge in [-0.1, -0.05) is 54.6 Å². The highest BCUT2D eigenvalue weighted by atomic mass is 16.2. The summed E-state index contributed by atoms with van der Waals surface area (Å²) in [6.45, 7) is 3.44. The molecule has 0 unspecified atom stereocenters. The third-order valence-electron chi connectivity index (χ3n) is 6.86. The molecule has 5 nitrogen and oxygen atoms in total. The van der Waals surface area contributed by atoms with E-state index in [1.165, 1.54) is 16.5 Å². The van der Waals surface area contributed by atoms with Crippen LogP contribution in [0.15, 0.2) is 91.3 Å². The molecular formula is C29H26N4O. The number of rotatable bonds is 4. The van der Waals surface area contributed by atoms with E-state index in [1.54, 1.807) is 6.20 Å². The maximum atomic E-state index is 14.0. The summed E-state index contributed by atoms with van der Waals surface area (Å²) in [5.74, 6) is 0.0554. The van der Waals surface area contributed by atoms with Gasteiger partial charge in [0.25, 0.3) is 5.91 Å². The van der Waals surface area contributed by atoms with Crippen LogP contribution in [0, 0.1) is 6.92 Å². The van der Waals surface area contributed by atoms with Gasteiger partial charge in [-0.05, 0) is 59.9 Å². The molecule has 5 heteroatoms. The molecule has 0 spiro atoms. The second kappa shape index (κ2) is 8.34. The highest BCUT2D eigenvalue weighted by Crippen LogP contribution is 2.40. The maximum absolute atomic E-state index is 14.0. The first kappa shape index (κ1) is 20.5. The molecule has 168 valence electrons. The number of aromatic nitrogens is 3. The van der Waals surface area contributed by atoms with Crippen molar-refractivity contribution in [3.8, 4) is 0 Å². The molecule has 3 aromatic carbocycles. The quantitative estimate of drug-likeness (QED) is 0.396. The normalized spacial score (nSPS) is 15.4. The Balaban J connectivity index is 1.43. The number of nitrogens with one attached hydrogen (secondary N) is 1. The topological polar surface area (TPSA) is 53.9 Å². The first-order chi connectivity index (χ1) is 16.7. The van der Waals surface area contributed by atoms with E-state index < -0.39 is 0 Å². The zero-order chi connectivity index (χ0) is 23.1. The van der Waals surface area contributed by atoms with Gasteiger partial charge in [0.05, 0.1) is 12.6 Å². The van der Waals surface area contributed by atoms with Crippen molar-refractivity contribution >= 4 is 16.8 Å². The molecule has 5 aromatic rings. The summed E-state index contributed by atoms with van der Waals surface area (Å²) in [5.41, 5.74) is 7.69.